The minimum atomic E-state index is -0.156. The summed E-state index contributed by atoms with van der Waals surface area (Å²) in [4.78, 5) is 12.7. The van der Waals surface area contributed by atoms with Crippen molar-refractivity contribution < 1.29 is 14.6 Å². The van der Waals surface area contributed by atoms with E-state index < -0.39 is 0 Å². The molecule has 0 radical (unpaired) electrons. The van der Waals surface area contributed by atoms with Gasteiger partial charge in [0, 0.05) is 5.41 Å². The Kier molecular flexibility index (Phi) is 4.81. The van der Waals surface area contributed by atoms with Gasteiger partial charge in [0.2, 0.25) is 0 Å². The van der Waals surface area contributed by atoms with Crippen LogP contribution >= 0.6 is 0 Å². The molecule has 0 unspecified atom stereocenters. The van der Waals surface area contributed by atoms with Gasteiger partial charge in [-0.3, -0.25) is 0 Å². The van der Waals surface area contributed by atoms with Gasteiger partial charge in [0.25, 0.3) is 0 Å². The first-order chi connectivity index (χ1) is 13.9. The van der Waals surface area contributed by atoms with Crippen LogP contribution in [0.15, 0.2) is 30.3 Å². The van der Waals surface area contributed by atoms with E-state index in [4.69, 9.17) is 4.74 Å². The maximum Gasteiger partial charge on any atom is 0.338 e. The molecule has 29 heavy (non-hydrogen) atoms. The lowest BCUT2D eigenvalue weighted by molar-refractivity contribution is -0.134. The molecule has 8 atom stereocenters. The van der Waals surface area contributed by atoms with Gasteiger partial charge in [0.15, 0.2) is 0 Å². The zero-order valence-corrected chi connectivity index (χ0v) is 18.0. The highest BCUT2D eigenvalue weighted by Gasteiger charge is 2.61. The quantitative estimate of drug-likeness (QED) is 0.660. The maximum absolute atomic E-state index is 12.7. The Morgan fingerprint density at radius 2 is 1.66 bits per heavy atom. The predicted molar refractivity (Wildman–Crippen MR) is 113 cm³/mol. The molecule has 4 saturated carbocycles. The topological polar surface area (TPSA) is 46.5 Å². The summed E-state index contributed by atoms with van der Waals surface area (Å²) >= 11 is 0. The molecule has 0 aromatic heterocycles. The second-order valence-corrected chi connectivity index (χ2v) is 11.0. The highest BCUT2D eigenvalue weighted by molar-refractivity contribution is 5.89. The van der Waals surface area contributed by atoms with Gasteiger partial charge in [-0.1, -0.05) is 32.0 Å². The van der Waals surface area contributed by atoms with Gasteiger partial charge >= 0.3 is 5.97 Å². The van der Waals surface area contributed by atoms with E-state index in [0.29, 0.717) is 22.8 Å². The molecule has 1 aromatic carbocycles. The Balaban J connectivity index is 1.34. The Bertz CT molecular complexity index is 760. The van der Waals surface area contributed by atoms with Crippen molar-refractivity contribution in [1.82, 2.24) is 0 Å². The van der Waals surface area contributed by atoms with Crippen LogP contribution in [0.4, 0.5) is 0 Å². The molecule has 5 rings (SSSR count). The number of aliphatic hydroxyl groups is 1. The van der Waals surface area contributed by atoms with Crippen molar-refractivity contribution >= 4 is 5.97 Å². The summed E-state index contributed by atoms with van der Waals surface area (Å²) in [6.07, 6.45) is 10.4. The summed E-state index contributed by atoms with van der Waals surface area (Å²) in [5, 5.41) is 10.2. The van der Waals surface area contributed by atoms with E-state index in [2.05, 4.69) is 13.8 Å². The van der Waals surface area contributed by atoms with E-state index in [9.17, 15) is 9.90 Å². The van der Waals surface area contributed by atoms with Crippen LogP contribution in [0, 0.1) is 34.5 Å². The molecule has 3 nitrogen and oxygen atoms in total. The molecule has 1 N–H and O–H groups in total. The van der Waals surface area contributed by atoms with Crippen LogP contribution in [0.3, 0.4) is 0 Å². The van der Waals surface area contributed by atoms with Crippen LogP contribution in [0.2, 0.25) is 0 Å². The van der Waals surface area contributed by atoms with E-state index in [1.165, 1.54) is 38.5 Å². The van der Waals surface area contributed by atoms with E-state index >= 15 is 0 Å². The Morgan fingerprint density at radius 1 is 0.931 bits per heavy atom. The normalized spacial score (nSPS) is 46.3. The summed E-state index contributed by atoms with van der Waals surface area (Å²) in [5.41, 5.74) is 1.20. The third kappa shape index (κ3) is 3.07. The van der Waals surface area contributed by atoms with E-state index in [1.807, 2.05) is 30.3 Å². The summed E-state index contributed by atoms with van der Waals surface area (Å²) in [6.45, 7) is 4.94. The molecule has 0 spiro atoms. The SMILES string of the molecule is C[C@@]12CC[C@H]3[C@@H](CC[C@H]4C[C@H](O)CC[C@]43C)[C@H]1CC[C@@H]2OC(=O)c1ccccc1. The van der Waals surface area contributed by atoms with Crippen molar-refractivity contribution in [3.05, 3.63) is 35.9 Å². The first-order valence-corrected chi connectivity index (χ1v) is 11.9. The molecule has 3 heteroatoms. The predicted octanol–water partition coefficient (Wildman–Crippen LogP) is 5.62. The lowest BCUT2D eigenvalue weighted by Crippen LogP contribution is -2.54. The Morgan fingerprint density at radius 3 is 2.45 bits per heavy atom. The largest absolute Gasteiger partial charge is 0.458 e. The number of carbonyl (C=O) groups excluding carboxylic acids is 1. The third-order valence-corrected chi connectivity index (χ3v) is 9.81. The fourth-order valence-corrected chi connectivity index (χ4v) is 8.15. The molecule has 4 aliphatic rings. The lowest BCUT2D eigenvalue weighted by atomic mass is 9.45. The average molecular weight is 397 g/mol. The second kappa shape index (κ2) is 7.11. The lowest BCUT2D eigenvalue weighted by Gasteiger charge is -2.60. The molecule has 0 bridgehead atoms. The minimum absolute atomic E-state index is 0.0554. The van der Waals surface area contributed by atoms with Gasteiger partial charge in [-0.25, -0.2) is 4.79 Å². The first-order valence-electron chi connectivity index (χ1n) is 11.9. The van der Waals surface area contributed by atoms with Crippen LogP contribution in [0.5, 0.6) is 0 Å². The molecule has 4 fully saturated rings. The standard InChI is InChI=1S/C26H36O3/c1-25-14-12-19(27)16-18(25)8-9-20-21-10-11-23(26(21,2)15-13-22(20)25)29-24(28)17-6-4-3-5-7-17/h3-7,18-23,27H,8-16H2,1-2H3/t18-,19+,20-,21+,22-,23-,25+,26+/m0/s1. The van der Waals surface area contributed by atoms with E-state index in [0.717, 1.165) is 31.1 Å². The Hall–Kier alpha value is -1.35. The summed E-state index contributed by atoms with van der Waals surface area (Å²) < 4.78 is 6.12. The summed E-state index contributed by atoms with van der Waals surface area (Å²) in [5.74, 6) is 2.78. The van der Waals surface area contributed by atoms with Crippen LogP contribution in [0.1, 0.15) is 82.0 Å². The van der Waals surface area contributed by atoms with E-state index in [1.54, 1.807) is 0 Å². The van der Waals surface area contributed by atoms with Gasteiger partial charge in [0.05, 0.1) is 11.7 Å². The molecule has 158 valence electrons. The maximum atomic E-state index is 12.7. The zero-order chi connectivity index (χ0) is 20.2. The fourth-order valence-electron chi connectivity index (χ4n) is 8.15. The number of ether oxygens (including phenoxy) is 1. The molecule has 0 aliphatic heterocycles. The highest BCUT2D eigenvalue weighted by atomic mass is 16.5. The van der Waals surface area contributed by atoms with Crippen molar-refractivity contribution in [3.63, 3.8) is 0 Å². The van der Waals surface area contributed by atoms with Gasteiger partial charge < -0.3 is 9.84 Å². The van der Waals surface area contributed by atoms with Gasteiger partial charge in [0.1, 0.15) is 6.10 Å². The second-order valence-electron chi connectivity index (χ2n) is 11.0. The Labute approximate surface area is 175 Å². The van der Waals surface area contributed by atoms with Gasteiger partial charge in [-0.05, 0) is 99.0 Å². The van der Waals surface area contributed by atoms with Crippen LogP contribution in [0.25, 0.3) is 0 Å². The molecule has 1 aromatic rings. The van der Waals surface area contributed by atoms with Crippen LogP contribution < -0.4 is 0 Å². The molecular weight excluding hydrogens is 360 g/mol. The van der Waals surface area contributed by atoms with Crippen molar-refractivity contribution in [2.45, 2.75) is 83.8 Å². The number of hydrogen-bond acceptors (Lipinski definition) is 3. The van der Waals surface area contributed by atoms with Gasteiger partial charge in [-0.2, -0.15) is 0 Å². The van der Waals surface area contributed by atoms with Crippen molar-refractivity contribution in [1.29, 1.82) is 0 Å². The van der Waals surface area contributed by atoms with Crippen molar-refractivity contribution in [2.75, 3.05) is 0 Å². The third-order valence-electron chi connectivity index (χ3n) is 9.81. The monoisotopic (exact) mass is 396 g/mol. The number of carbonyl (C=O) groups is 1. The van der Waals surface area contributed by atoms with Crippen LogP contribution in [-0.4, -0.2) is 23.3 Å². The number of aliphatic hydroxyl groups excluding tert-OH is 1. The molecule has 0 amide bonds. The highest BCUT2D eigenvalue weighted by Crippen LogP contribution is 2.66. The van der Waals surface area contributed by atoms with Gasteiger partial charge in [-0.15, -0.1) is 0 Å². The minimum Gasteiger partial charge on any atom is -0.458 e. The van der Waals surface area contributed by atoms with Crippen molar-refractivity contribution in [2.24, 2.45) is 34.5 Å². The molecule has 0 heterocycles. The number of esters is 1. The summed E-state index contributed by atoms with van der Waals surface area (Å²) in [7, 11) is 0. The molecule has 4 aliphatic carbocycles. The average Bonchev–Trinajstić information content (AvgIpc) is 3.05. The fraction of sp³-hybridized carbons (Fsp3) is 0.731. The molecular formula is C26H36O3. The van der Waals surface area contributed by atoms with Crippen LogP contribution in [-0.2, 0) is 4.74 Å². The smallest absolute Gasteiger partial charge is 0.338 e. The molecule has 0 saturated heterocycles. The number of benzene rings is 1. The number of fused-ring (bicyclic) bond motifs is 5. The van der Waals surface area contributed by atoms with E-state index in [-0.39, 0.29) is 23.6 Å². The first kappa shape index (κ1) is 19.6. The number of hydrogen-bond donors (Lipinski definition) is 1. The van der Waals surface area contributed by atoms with Crippen molar-refractivity contribution in [3.8, 4) is 0 Å². The zero-order valence-electron chi connectivity index (χ0n) is 18.0. The number of rotatable bonds is 2. The summed E-state index contributed by atoms with van der Waals surface area (Å²) in [6, 6.07) is 9.45.